The smallest absolute Gasteiger partial charge is 0.197 e. The van der Waals surface area contributed by atoms with Crippen molar-refractivity contribution in [1.82, 2.24) is 9.97 Å². The van der Waals surface area contributed by atoms with E-state index in [1.165, 1.54) is 7.11 Å². The van der Waals surface area contributed by atoms with Crippen LogP contribution >= 0.6 is 23.2 Å². The van der Waals surface area contributed by atoms with Gasteiger partial charge in [-0.25, -0.2) is 14.4 Å². The second kappa shape index (κ2) is 4.82. The van der Waals surface area contributed by atoms with Crippen molar-refractivity contribution in [3.05, 3.63) is 21.9 Å². The Balaban J connectivity index is 3.22. The Hall–Kier alpha value is -0.450. The molecule has 0 saturated carbocycles. The molecule has 3 nitrogen and oxygen atoms in total. The van der Waals surface area contributed by atoms with Gasteiger partial charge < -0.3 is 4.74 Å². The lowest BCUT2D eigenvalue weighted by Gasteiger charge is -2.28. The fraction of sp³-hybridized carbons (Fsp3) is 0.600. The van der Waals surface area contributed by atoms with E-state index < -0.39 is 11.9 Å². The Morgan fingerprint density at radius 3 is 1.94 bits per heavy atom. The first-order valence-electron chi connectivity index (χ1n) is 4.68. The van der Waals surface area contributed by atoms with Gasteiger partial charge in [0.2, 0.25) is 0 Å². The summed E-state index contributed by atoms with van der Waals surface area (Å²) in [6, 6.07) is 0. The maximum absolute atomic E-state index is 13.1. The molecule has 90 valence electrons. The number of ether oxygens (including phenoxy) is 1. The second-order valence-corrected chi connectivity index (χ2v) is 5.18. The number of aromatic nitrogens is 2. The molecule has 0 amide bonds. The number of hydrogen-bond acceptors (Lipinski definition) is 3. The molecule has 0 aliphatic carbocycles. The minimum Gasteiger partial charge on any atom is -0.373 e. The first-order valence-corrected chi connectivity index (χ1v) is 5.44. The molecule has 0 spiro atoms. The first kappa shape index (κ1) is 13.6. The van der Waals surface area contributed by atoms with Crippen LogP contribution in [0.5, 0.6) is 0 Å². The molecule has 1 rings (SSSR count). The molecule has 16 heavy (non-hydrogen) atoms. The summed E-state index contributed by atoms with van der Waals surface area (Å²) < 4.78 is 18.4. The van der Waals surface area contributed by atoms with E-state index in [1.807, 2.05) is 20.8 Å². The lowest BCUT2D eigenvalue weighted by molar-refractivity contribution is 0.00854. The summed E-state index contributed by atoms with van der Waals surface area (Å²) >= 11 is 11.2. The van der Waals surface area contributed by atoms with Gasteiger partial charge in [-0.2, -0.15) is 0 Å². The van der Waals surface area contributed by atoms with Crippen molar-refractivity contribution < 1.29 is 9.13 Å². The molecular formula is C10H13Cl2FN2O. The molecule has 1 aromatic rings. The van der Waals surface area contributed by atoms with Gasteiger partial charge in [0.1, 0.15) is 6.10 Å². The molecule has 0 saturated heterocycles. The summed E-state index contributed by atoms with van der Waals surface area (Å²) in [6.07, 6.45) is -0.400. The Morgan fingerprint density at radius 2 is 1.62 bits per heavy atom. The van der Waals surface area contributed by atoms with E-state index in [0.717, 1.165) is 0 Å². The van der Waals surface area contributed by atoms with Gasteiger partial charge in [-0.3, -0.25) is 0 Å². The summed E-state index contributed by atoms with van der Waals surface area (Å²) in [4.78, 5) is 7.68. The fourth-order valence-electron chi connectivity index (χ4n) is 1.37. The summed E-state index contributed by atoms with van der Waals surface area (Å²) in [5, 5.41) is -0.581. The molecule has 1 atom stereocenters. The fourth-order valence-corrected chi connectivity index (χ4v) is 1.77. The highest BCUT2D eigenvalue weighted by Crippen LogP contribution is 2.35. The molecule has 1 aromatic heterocycles. The monoisotopic (exact) mass is 266 g/mol. The highest BCUT2D eigenvalue weighted by atomic mass is 35.5. The number of rotatable bonds is 2. The van der Waals surface area contributed by atoms with E-state index in [-0.39, 0.29) is 21.5 Å². The third-order valence-corrected chi connectivity index (χ3v) is 2.55. The summed E-state index contributed by atoms with van der Waals surface area (Å²) in [6.45, 7) is 5.86. The van der Waals surface area contributed by atoms with Crippen LogP contribution in [-0.4, -0.2) is 17.1 Å². The molecule has 1 heterocycles. The first-order chi connectivity index (χ1) is 7.27. The zero-order valence-corrected chi connectivity index (χ0v) is 11.0. The van der Waals surface area contributed by atoms with Crippen LogP contribution in [0.25, 0.3) is 0 Å². The van der Waals surface area contributed by atoms with Crippen molar-refractivity contribution in [2.75, 3.05) is 7.11 Å². The van der Waals surface area contributed by atoms with Crippen LogP contribution in [-0.2, 0) is 4.74 Å². The van der Waals surface area contributed by atoms with Crippen LogP contribution in [0.1, 0.15) is 32.7 Å². The van der Waals surface area contributed by atoms with Crippen LogP contribution in [0, 0.1) is 11.2 Å². The maximum atomic E-state index is 13.1. The molecule has 0 radical (unpaired) electrons. The molecule has 0 aliphatic heterocycles. The Kier molecular flexibility index (Phi) is 4.10. The van der Waals surface area contributed by atoms with Crippen molar-refractivity contribution in [3.63, 3.8) is 0 Å². The van der Waals surface area contributed by atoms with Crippen LogP contribution < -0.4 is 0 Å². The molecular weight excluding hydrogens is 254 g/mol. The van der Waals surface area contributed by atoms with Crippen molar-refractivity contribution in [3.8, 4) is 0 Å². The zero-order valence-electron chi connectivity index (χ0n) is 9.51. The molecule has 0 bridgehead atoms. The van der Waals surface area contributed by atoms with E-state index in [2.05, 4.69) is 9.97 Å². The lowest BCUT2D eigenvalue weighted by atomic mass is 9.88. The maximum Gasteiger partial charge on any atom is 0.197 e. The zero-order chi connectivity index (χ0) is 12.5. The minimum atomic E-state index is -0.809. The average Bonchev–Trinajstić information content (AvgIpc) is 2.12. The highest BCUT2D eigenvalue weighted by Gasteiger charge is 2.30. The SMILES string of the molecule is COC(c1nc(Cl)c(F)c(Cl)n1)C(C)(C)C. The highest BCUT2D eigenvalue weighted by molar-refractivity contribution is 6.33. The van der Waals surface area contributed by atoms with Crippen LogP contribution in [0.4, 0.5) is 4.39 Å². The summed E-state index contributed by atoms with van der Waals surface area (Å²) in [5.74, 6) is -0.526. The number of halogens is 3. The lowest BCUT2D eigenvalue weighted by Crippen LogP contribution is -2.22. The van der Waals surface area contributed by atoms with Gasteiger partial charge in [-0.05, 0) is 5.41 Å². The predicted octanol–water partition coefficient (Wildman–Crippen LogP) is 3.66. The normalized spacial score (nSPS) is 13.9. The van der Waals surface area contributed by atoms with E-state index >= 15 is 0 Å². The Labute approximate surface area is 104 Å². The van der Waals surface area contributed by atoms with E-state index in [0.29, 0.717) is 0 Å². The van der Waals surface area contributed by atoms with E-state index in [1.54, 1.807) is 0 Å². The van der Waals surface area contributed by atoms with Gasteiger partial charge in [0.25, 0.3) is 0 Å². The quantitative estimate of drug-likeness (QED) is 0.767. The van der Waals surface area contributed by atoms with Crippen molar-refractivity contribution in [2.45, 2.75) is 26.9 Å². The molecule has 6 heteroatoms. The van der Waals surface area contributed by atoms with E-state index in [4.69, 9.17) is 27.9 Å². The van der Waals surface area contributed by atoms with Gasteiger partial charge in [-0.1, -0.05) is 44.0 Å². The van der Waals surface area contributed by atoms with E-state index in [9.17, 15) is 4.39 Å². The minimum absolute atomic E-state index is 0.237. The number of hydrogen-bond donors (Lipinski definition) is 0. The predicted molar refractivity (Wildman–Crippen MR) is 61.2 cm³/mol. The van der Waals surface area contributed by atoms with Crippen molar-refractivity contribution in [2.24, 2.45) is 5.41 Å². The third kappa shape index (κ3) is 2.81. The molecule has 0 N–H and O–H groups in total. The summed E-state index contributed by atoms with van der Waals surface area (Å²) in [5.41, 5.74) is -0.237. The molecule has 0 aliphatic rings. The van der Waals surface area contributed by atoms with Gasteiger partial charge in [0.15, 0.2) is 21.9 Å². The molecule has 0 fully saturated rings. The number of methoxy groups -OCH3 is 1. The van der Waals surface area contributed by atoms with Crippen LogP contribution in [0.2, 0.25) is 10.3 Å². The third-order valence-electron chi connectivity index (χ3n) is 2.04. The molecule has 0 aromatic carbocycles. The van der Waals surface area contributed by atoms with Crippen molar-refractivity contribution >= 4 is 23.2 Å². The van der Waals surface area contributed by atoms with Crippen LogP contribution in [0.15, 0.2) is 0 Å². The largest absolute Gasteiger partial charge is 0.373 e. The summed E-state index contributed by atoms with van der Waals surface area (Å²) in [7, 11) is 1.53. The van der Waals surface area contributed by atoms with Gasteiger partial charge in [0, 0.05) is 7.11 Å². The van der Waals surface area contributed by atoms with Crippen LogP contribution in [0.3, 0.4) is 0 Å². The van der Waals surface area contributed by atoms with Gasteiger partial charge >= 0.3 is 0 Å². The number of nitrogens with zero attached hydrogens (tertiary/aromatic N) is 2. The molecule has 1 unspecified atom stereocenters. The Bertz CT molecular complexity index is 370. The second-order valence-electron chi connectivity index (χ2n) is 4.46. The topological polar surface area (TPSA) is 35.0 Å². The van der Waals surface area contributed by atoms with Gasteiger partial charge in [0.05, 0.1) is 0 Å². The van der Waals surface area contributed by atoms with Gasteiger partial charge in [-0.15, -0.1) is 0 Å². The Morgan fingerprint density at radius 1 is 1.19 bits per heavy atom. The standard InChI is InChI=1S/C10H13Cl2FN2O/c1-10(2,3)6(16-4)9-14-7(11)5(13)8(12)15-9/h6H,1-4H3. The van der Waals surface area contributed by atoms with Crippen molar-refractivity contribution in [1.29, 1.82) is 0 Å². The average molecular weight is 267 g/mol.